The van der Waals surface area contributed by atoms with Gasteiger partial charge in [-0.25, -0.2) is 0 Å². The molecule has 0 aromatic heterocycles. The summed E-state index contributed by atoms with van der Waals surface area (Å²) in [5, 5.41) is 3.32. The maximum atomic E-state index is 3.32. The molecule has 1 fully saturated rings. The first-order chi connectivity index (χ1) is 8.20. The van der Waals surface area contributed by atoms with E-state index in [1.807, 2.05) is 0 Å². The standard InChI is InChI=1S/C15H24N2/c1-4-12(2)14-7-5-13(6-8-14)11-17(3)15-9-16-10-15/h5-8,12,15-16H,4,9-11H2,1-3H3. The highest BCUT2D eigenvalue weighted by molar-refractivity contribution is 5.25. The number of hydrogen-bond donors (Lipinski definition) is 1. The maximum absolute atomic E-state index is 3.32. The Morgan fingerprint density at radius 1 is 1.29 bits per heavy atom. The molecule has 0 saturated carbocycles. The summed E-state index contributed by atoms with van der Waals surface area (Å²) in [6.07, 6.45) is 1.22. The molecule has 1 atom stereocenters. The lowest BCUT2D eigenvalue weighted by Crippen LogP contribution is -2.55. The van der Waals surface area contributed by atoms with Crippen LogP contribution in [0.2, 0.25) is 0 Å². The van der Waals surface area contributed by atoms with Crippen molar-refractivity contribution < 1.29 is 0 Å². The van der Waals surface area contributed by atoms with Gasteiger partial charge in [-0.3, -0.25) is 4.90 Å². The summed E-state index contributed by atoms with van der Waals surface area (Å²) in [5.74, 6) is 0.678. The van der Waals surface area contributed by atoms with Gasteiger partial charge in [-0.05, 0) is 30.5 Å². The van der Waals surface area contributed by atoms with Gasteiger partial charge in [0.2, 0.25) is 0 Å². The van der Waals surface area contributed by atoms with Crippen molar-refractivity contribution >= 4 is 0 Å². The van der Waals surface area contributed by atoms with Crippen LogP contribution in [0.15, 0.2) is 24.3 Å². The Balaban J connectivity index is 1.93. The van der Waals surface area contributed by atoms with Crippen LogP contribution in [0.5, 0.6) is 0 Å². The Labute approximate surface area is 105 Å². The third-order valence-electron chi connectivity index (χ3n) is 3.98. The van der Waals surface area contributed by atoms with E-state index in [9.17, 15) is 0 Å². The van der Waals surface area contributed by atoms with Gasteiger partial charge in [0, 0.05) is 25.7 Å². The number of nitrogens with zero attached hydrogens (tertiary/aromatic N) is 1. The normalized spacial score (nSPS) is 18.1. The number of likely N-dealkylation sites (N-methyl/N-ethyl adjacent to an activating group) is 1. The van der Waals surface area contributed by atoms with Crippen LogP contribution in [-0.4, -0.2) is 31.1 Å². The molecule has 0 bridgehead atoms. The second-order valence-corrected chi connectivity index (χ2v) is 5.28. The van der Waals surface area contributed by atoms with Crippen molar-refractivity contribution in [2.45, 2.75) is 38.8 Å². The second kappa shape index (κ2) is 5.65. The number of hydrogen-bond acceptors (Lipinski definition) is 2. The number of nitrogens with one attached hydrogen (secondary N) is 1. The van der Waals surface area contributed by atoms with Crippen LogP contribution in [0, 0.1) is 0 Å². The van der Waals surface area contributed by atoms with E-state index in [4.69, 9.17) is 0 Å². The summed E-state index contributed by atoms with van der Waals surface area (Å²) in [7, 11) is 2.22. The Morgan fingerprint density at radius 2 is 1.94 bits per heavy atom. The first-order valence-corrected chi connectivity index (χ1v) is 6.70. The highest BCUT2D eigenvalue weighted by Crippen LogP contribution is 2.19. The van der Waals surface area contributed by atoms with Gasteiger partial charge in [0.15, 0.2) is 0 Å². The second-order valence-electron chi connectivity index (χ2n) is 5.28. The Morgan fingerprint density at radius 3 is 2.41 bits per heavy atom. The molecule has 94 valence electrons. The van der Waals surface area contributed by atoms with Crippen molar-refractivity contribution in [3.05, 3.63) is 35.4 Å². The van der Waals surface area contributed by atoms with Gasteiger partial charge in [-0.15, -0.1) is 0 Å². The highest BCUT2D eigenvalue weighted by Gasteiger charge is 2.21. The molecule has 1 N–H and O–H groups in total. The molecule has 1 heterocycles. The van der Waals surface area contributed by atoms with Gasteiger partial charge in [-0.1, -0.05) is 38.1 Å². The van der Waals surface area contributed by atoms with Crippen LogP contribution in [0.1, 0.15) is 37.3 Å². The Kier molecular flexibility index (Phi) is 4.19. The molecular formula is C15H24N2. The number of benzene rings is 1. The lowest BCUT2D eigenvalue weighted by atomic mass is 9.97. The average Bonchev–Trinajstić information content (AvgIpc) is 2.26. The van der Waals surface area contributed by atoms with E-state index in [-0.39, 0.29) is 0 Å². The molecule has 1 aliphatic heterocycles. The zero-order valence-corrected chi connectivity index (χ0v) is 11.2. The average molecular weight is 232 g/mol. The molecule has 2 heteroatoms. The quantitative estimate of drug-likeness (QED) is 0.839. The fraction of sp³-hybridized carbons (Fsp3) is 0.600. The van der Waals surface area contributed by atoms with Crippen LogP contribution < -0.4 is 5.32 Å². The van der Waals surface area contributed by atoms with Crippen molar-refractivity contribution in [1.29, 1.82) is 0 Å². The molecule has 1 aromatic carbocycles. The molecule has 0 aliphatic carbocycles. The summed E-state index contributed by atoms with van der Waals surface area (Å²) in [5.41, 5.74) is 2.88. The van der Waals surface area contributed by atoms with Crippen LogP contribution in [-0.2, 0) is 6.54 Å². The third-order valence-corrected chi connectivity index (χ3v) is 3.98. The molecule has 2 rings (SSSR count). The van der Waals surface area contributed by atoms with E-state index in [0.29, 0.717) is 5.92 Å². The van der Waals surface area contributed by atoms with E-state index in [1.54, 1.807) is 0 Å². The molecule has 1 aliphatic rings. The predicted molar refractivity (Wildman–Crippen MR) is 73.3 cm³/mol. The minimum atomic E-state index is 0.678. The van der Waals surface area contributed by atoms with Crippen LogP contribution in [0.3, 0.4) is 0 Å². The summed E-state index contributed by atoms with van der Waals surface area (Å²) in [6.45, 7) is 7.88. The minimum Gasteiger partial charge on any atom is -0.314 e. The van der Waals surface area contributed by atoms with Crippen molar-refractivity contribution in [1.82, 2.24) is 10.2 Å². The fourth-order valence-electron chi connectivity index (χ4n) is 2.19. The molecule has 0 radical (unpaired) electrons. The van der Waals surface area contributed by atoms with E-state index in [0.717, 1.165) is 25.7 Å². The molecule has 1 saturated heterocycles. The van der Waals surface area contributed by atoms with Gasteiger partial charge in [0.1, 0.15) is 0 Å². The van der Waals surface area contributed by atoms with Crippen LogP contribution in [0.4, 0.5) is 0 Å². The molecule has 17 heavy (non-hydrogen) atoms. The molecular weight excluding hydrogens is 208 g/mol. The van der Waals surface area contributed by atoms with Gasteiger partial charge in [0.25, 0.3) is 0 Å². The Bertz CT molecular complexity index is 340. The summed E-state index contributed by atoms with van der Waals surface area (Å²) < 4.78 is 0. The molecule has 0 amide bonds. The first-order valence-electron chi connectivity index (χ1n) is 6.70. The van der Waals surface area contributed by atoms with Gasteiger partial charge in [-0.2, -0.15) is 0 Å². The number of rotatable bonds is 5. The van der Waals surface area contributed by atoms with E-state index in [2.05, 4.69) is 55.4 Å². The van der Waals surface area contributed by atoms with E-state index < -0.39 is 0 Å². The van der Waals surface area contributed by atoms with Crippen LogP contribution in [0.25, 0.3) is 0 Å². The zero-order valence-electron chi connectivity index (χ0n) is 11.2. The lowest BCUT2D eigenvalue weighted by Gasteiger charge is -2.35. The van der Waals surface area contributed by atoms with Gasteiger partial charge < -0.3 is 5.32 Å². The lowest BCUT2D eigenvalue weighted by molar-refractivity contribution is 0.173. The van der Waals surface area contributed by atoms with E-state index in [1.165, 1.54) is 17.5 Å². The largest absolute Gasteiger partial charge is 0.314 e. The zero-order chi connectivity index (χ0) is 12.3. The Hall–Kier alpha value is -0.860. The van der Waals surface area contributed by atoms with Crippen molar-refractivity contribution in [3.8, 4) is 0 Å². The van der Waals surface area contributed by atoms with Crippen molar-refractivity contribution in [2.75, 3.05) is 20.1 Å². The van der Waals surface area contributed by atoms with Crippen molar-refractivity contribution in [3.63, 3.8) is 0 Å². The van der Waals surface area contributed by atoms with Crippen LogP contribution >= 0.6 is 0 Å². The minimum absolute atomic E-state index is 0.678. The smallest absolute Gasteiger partial charge is 0.0345 e. The fourth-order valence-corrected chi connectivity index (χ4v) is 2.19. The first kappa shape index (κ1) is 12.6. The molecule has 2 nitrogen and oxygen atoms in total. The monoisotopic (exact) mass is 232 g/mol. The van der Waals surface area contributed by atoms with Crippen molar-refractivity contribution in [2.24, 2.45) is 0 Å². The summed E-state index contributed by atoms with van der Waals surface area (Å²) in [4.78, 5) is 2.44. The predicted octanol–water partition coefficient (Wildman–Crippen LogP) is 2.60. The topological polar surface area (TPSA) is 15.3 Å². The van der Waals surface area contributed by atoms with E-state index >= 15 is 0 Å². The third kappa shape index (κ3) is 3.08. The molecule has 0 spiro atoms. The molecule has 1 aromatic rings. The maximum Gasteiger partial charge on any atom is 0.0345 e. The SMILES string of the molecule is CCC(C)c1ccc(CN(C)C2CNC2)cc1. The summed E-state index contributed by atoms with van der Waals surface area (Å²) >= 11 is 0. The summed E-state index contributed by atoms with van der Waals surface area (Å²) in [6, 6.07) is 9.87. The highest BCUT2D eigenvalue weighted by atomic mass is 15.2. The van der Waals surface area contributed by atoms with Gasteiger partial charge >= 0.3 is 0 Å². The van der Waals surface area contributed by atoms with Gasteiger partial charge in [0.05, 0.1) is 0 Å². The molecule has 1 unspecified atom stereocenters.